The van der Waals surface area contributed by atoms with Gasteiger partial charge in [-0.3, -0.25) is 9.59 Å². The van der Waals surface area contributed by atoms with Crippen LogP contribution in [-0.2, 0) is 9.59 Å². The van der Waals surface area contributed by atoms with E-state index in [1.165, 1.54) is 0 Å². The highest BCUT2D eigenvalue weighted by molar-refractivity contribution is 6.01. The highest BCUT2D eigenvalue weighted by atomic mass is 16.4. The van der Waals surface area contributed by atoms with Gasteiger partial charge in [-0.25, -0.2) is 0 Å². The van der Waals surface area contributed by atoms with Crippen molar-refractivity contribution in [3.05, 3.63) is 83.9 Å². The fourth-order valence-electron chi connectivity index (χ4n) is 3.11. The number of rotatable bonds is 4. The molecule has 2 aromatic rings. The first kappa shape index (κ1) is 15.7. The normalized spacial score (nSPS) is 20.0. The average molecular weight is 320 g/mol. The van der Waals surface area contributed by atoms with Crippen molar-refractivity contribution in [3.8, 4) is 0 Å². The summed E-state index contributed by atoms with van der Waals surface area (Å²) in [6.45, 7) is 0. The van der Waals surface area contributed by atoms with E-state index in [4.69, 9.17) is 0 Å². The smallest absolute Gasteiger partial charge is 0.312 e. The lowest BCUT2D eigenvalue weighted by atomic mass is 9.73. The van der Waals surface area contributed by atoms with Gasteiger partial charge in [-0.15, -0.1) is 0 Å². The Morgan fingerprint density at radius 2 is 0.958 bits per heavy atom. The Bertz CT molecular complexity index is 748. The minimum absolute atomic E-state index is 0.509. The maximum atomic E-state index is 11.9. The highest BCUT2D eigenvalue weighted by Crippen LogP contribution is 2.41. The van der Waals surface area contributed by atoms with Crippen LogP contribution in [0, 0.1) is 11.8 Å². The number of hydrogen-bond donors (Lipinski definition) is 2. The highest BCUT2D eigenvalue weighted by Gasteiger charge is 2.41. The summed E-state index contributed by atoms with van der Waals surface area (Å²) < 4.78 is 0. The van der Waals surface area contributed by atoms with Crippen molar-refractivity contribution in [2.45, 2.75) is 0 Å². The summed E-state index contributed by atoms with van der Waals surface area (Å²) in [5.74, 6) is -4.55. The summed E-state index contributed by atoms with van der Waals surface area (Å²) in [6, 6.07) is 18.1. The number of carboxylic acids is 2. The Labute approximate surface area is 139 Å². The first-order valence-corrected chi connectivity index (χ1v) is 7.58. The summed E-state index contributed by atoms with van der Waals surface area (Å²) in [7, 11) is 0. The van der Waals surface area contributed by atoms with Gasteiger partial charge in [-0.05, 0) is 22.3 Å². The number of allylic oxidation sites excluding steroid dienone is 2. The van der Waals surface area contributed by atoms with Crippen molar-refractivity contribution in [2.75, 3.05) is 0 Å². The minimum Gasteiger partial charge on any atom is -0.481 e. The third kappa shape index (κ3) is 2.86. The quantitative estimate of drug-likeness (QED) is 0.903. The molecule has 0 radical (unpaired) electrons. The van der Waals surface area contributed by atoms with E-state index in [1.807, 2.05) is 12.1 Å². The standard InChI is InChI=1S/C20H16O4/c21-19(22)17-15(13-7-3-1-4-8-13)11-12-16(18(17)20(23)24)14-9-5-2-6-10-14/h1-12,17-18H,(H,21,22)(H,23,24). The molecule has 0 saturated carbocycles. The lowest BCUT2D eigenvalue weighted by molar-refractivity contribution is -0.149. The molecule has 0 aromatic heterocycles. The second-order valence-electron chi connectivity index (χ2n) is 5.61. The second kappa shape index (κ2) is 6.54. The van der Waals surface area contributed by atoms with Crippen molar-refractivity contribution in [1.29, 1.82) is 0 Å². The van der Waals surface area contributed by atoms with Crippen molar-refractivity contribution < 1.29 is 19.8 Å². The maximum Gasteiger partial charge on any atom is 0.312 e. The van der Waals surface area contributed by atoms with Gasteiger partial charge in [0.05, 0.1) is 11.8 Å². The fraction of sp³-hybridized carbons (Fsp3) is 0.100. The Balaban J connectivity index is 2.17. The van der Waals surface area contributed by atoms with Gasteiger partial charge >= 0.3 is 11.9 Å². The van der Waals surface area contributed by atoms with Crippen LogP contribution < -0.4 is 0 Å². The molecule has 4 heteroatoms. The zero-order valence-corrected chi connectivity index (χ0v) is 12.8. The Hall–Kier alpha value is -3.14. The fourth-order valence-corrected chi connectivity index (χ4v) is 3.11. The summed E-state index contributed by atoms with van der Waals surface area (Å²) in [5.41, 5.74) is 2.46. The van der Waals surface area contributed by atoms with Crippen molar-refractivity contribution >= 4 is 23.1 Å². The largest absolute Gasteiger partial charge is 0.481 e. The molecule has 24 heavy (non-hydrogen) atoms. The maximum absolute atomic E-state index is 11.9. The Kier molecular flexibility index (Phi) is 4.29. The molecule has 1 aliphatic rings. The Morgan fingerprint density at radius 3 is 1.25 bits per heavy atom. The van der Waals surface area contributed by atoms with Crippen LogP contribution in [0.1, 0.15) is 11.1 Å². The lowest BCUT2D eigenvalue weighted by Crippen LogP contribution is -2.33. The third-order valence-corrected chi connectivity index (χ3v) is 4.19. The molecule has 4 nitrogen and oxygen atoms in total. The van der Waals surface area contributed by atoms with Gasteiger partial charge in [0.1, 0.15) is 0 Å². The number of carboxylic acid groups (broad SMARTS) is 2. The summed E-state index contributed by atoms with van der Waals surface area (Å²) in [4.78, 5) is 23.8. The molecule has 0 bridgehead atoms. The van der Waals surface area contributed by atoms with E-state index in [9.17, 15) is 19.8 Å². The molecule has 3 rings (SSSR count). The molecule has 2 unspecified atom stereocenters. The van der Waals surface area contributed by atoms with Gasteiger partial charge in [-0.1, -0.05) is 72.8 Å². The molecular weight excluding hydrogens is 304 g/mol. The van der Waals surface area contributed by atoms with Crippen LogP contribution in [-0.4, -0.2) is 22.2 Å². The van der Waals surface area contributed by atoms with Crippen LogP contribution in [0.5, 0.6) is 0 Å². The Morgan fingerprint density at radius 1 is 0.625 bits per heavy atom. The van der Waals surface area contributed by atoms with Crippen molar-refractivity contribution in [3.63, 3.8) is 0 Å². The molecular formula is C20H16O4. The number of aliphatic carboxylic acids is 2. The third-order valence-electron chi connectivity index (χ3n) is 4.19. The van der Waals surface area contributed by atoms with E-state index in [1.54, 1.807) is 60.7 Å². The van der Waals surface area contributed by atoms with E-state index in [0.717, 1.165) is 11.1 Å². The molecule has 2 aromatic carbocycles. The minimum atomic E-state index is -1.14. The van der Waals surface area contributed by atoms with Crippen LogP contribution in [0.25, 0.3) is 11.1 Å². The van der Waals surface area contributed by atoms with E-state index in [-0.39, 0.29) is 0 Å². The summed E-state index contributed by atoms with van der Waals surface area (Å²) >= 11 is 0. The van der Waals surface area contributed by atoms with Gasteiger partial charge in [-0.2, -0.15) is 0 Å². The van der Waals surface area contributed by atoms with Crippen LogP contribution >= 0.6 is 0 Å². The van der Waals surface area contributed by atoms with Crippen molar-refractivity contribution in [1.82, 2.24) is 0 Å². The van der Waals surface area contributed by atoms with Crippen LogP contribution in [0.2, 0.25) is 0 Å². The molecule has 2 N–H and O–H groups in total. The summed E-state index contributed by atoms with van der Waals surface area (Å²) in [5, 5.41) is 19.4. The average Bonchev–Trinajstić information content (AvgIpc) is 2.61. The van der Waals surface area contributed by atoms with E-state index in [0.29, 0.717) is 11.1 Å². The molecule has 0 spiro atoms. The van der Waals surface area contributed by atoms with Crippen LogP contribution in [0.4, 0.5) is 0 Å². The molecule has 1 aliphatic carbocycles. The summed E-state index contributed by atoms with van der Waals surface area (Å²) in [6.07, 6.45) is 3.44. The predicted molar refractivity (Wildman–Crippen MR) is 91.1 cm³/mol. The molecule has 0 aliphatic heterocycles. The van der Waals surface area contributed by atoms with E-state index in [2.05, 4.69) is 0 Å². The van der Waals surface area contributed by atoms with Crippen LogP contribution in [0.3, 0.4) is 0 Å². The van der Waals surface area contributed by atoms with Gasteiger partial charge in [0.2, 0.25) is 0 Å². The zero-order chi connectivity index (χ0) is 17.1. The molecule has 0 heterocycles. The molecule has 0 saturated heterocycles. The van der Waals surface area contributed by atoms with E-state index >= 15 is 0 Å². The molecule has 120 valence electrons. The van der Waals surface area contributed by atoms with Gasteiger partial charge in [0.25, 0.3) is 0 Å². The lowest BCUT2D eigenvalue weighted by Gasteiger charge is -2.29. The first-order chi connectivity index (χ1) is 11.6. The number of carbonyl (C=O) groups is 2. The zero-order valence-electron chi connectivity index (χ0n) is 12.8. The van der Waals surface area contributed by atoms with Gasteiger partial charge < -0.3 is 10.2 Å². The molecule has 0 fully saturated rings. The SMILES string of the molecule is O=C(O)C1C(c2ccccc2)=CC=C(c2ccccc2)C1C(=O)O. The molecule has 0 amide bonds. The topological polar surface area (TPSA) is 74.6 Å². The predicted octanol–water partition coefficient (Wildman–Crippen LogP) is 3.57. The number of benzene rings is 2. The van der Waals surface area contributed by atoms with Crippen molar-refractivity contribution in [2.24, 2.45) is 11.8 Å². The second-order valence-corrected chi connectivity index (χ2v) is 5.61. The van der Waals surface area contributed by atoms with E-state index < -0.39 is 23.8 Å². The number of hydrogen-bond acceptors (Lipinski definition) is 2. The monoisotopic (exact) mass is 320 g/mol. The van der Waals surface area contributed by atoms with Gasteiger partial charge in [0.15, 0.2) is 0 Å². The van der Waals surface area contributed by atoms with Gasteiger partial charge in [0, 0.05) is 0 Å². The van der Waals surface area contributed by atoms with Crippen LogP contribution in [0.15, 0.2) is 72.8 Å². The molecule has 2 atom stereocenters. The first-order valence-electron chi connectivity index (χ1n) is 7.58.